The summed E-state index contributed by atoms with van der Waals surface area (Å²) >= 11 is 0. The van der Waals surface area contributed by atoms with E-state index in [-0.39, 0.29) is 29.3 Å². The lowest BCUT2D eigenvalue weighted by Crippen LogP contribution is -2.08. The Hall–Kier alpha value is -2.51. The molecule has 0 spiro atoms. The number of nitrogen functional groups attached to an aromatic ring is 1. The highest BCUT2D eigenvalue weighted by Crippen LogP contribution is 2.26. The molecule has 0 aliphatic carbocycles. The summed E-state index contributed by atoms with van der Waals surface area (Å²) < 4.78 is 27.6. The predicted molar refractivity (Wildman–Crippen MR) is 63.5 cm³/mol. The molecule has 100 valence electrons. The van der Waals surface area contributed by atoms with Gasteiger partial charge in [0.05, 0.1) is 11.5 Å². The second kappa shape index (κ2) is 4.63. The minimum Gasteiger partial charge on any atom is -0.378 e. The fraction of sp³-hybridized carbons (Fsp3) is 0.182. The minimum absolute atomic E-state index is 0.0177. The zero-order chi connectivity index (χ0) is 14.2. The molecule has 0 bridgehead atoms. The first-order chi connectivity index (χ1) is 8.91. The van der Waals surface area contributed by atoms with Gasteiger partial charge < -0.3 is 5.73 Å². The molecular formula is C11H10F2N4O2. The molecule has 0 atom stereocenters. The van der Waals surface area contributed by atoms with Crippen LogP contribution in [0.4, 0.5) is 20.3 Å². The van der Waals surface area contributed by atoms with Gasteiger partial charge in [-0.3, -0.25) is 10.1 Å². The van der Waals surface area contributed by atoms with Crippen LogP contribution in [0.2, 0.25) is 0 Å². The van der Waals surface area contributed by atoms with Gasteiger partial charge in [-0.2, -0.15) is 5.10 Å². The summed E-state index contributed by atoms with van der Waals surface area (Å²) in [6, 6.07) is 3.69. The number of nitrogens with two attached hydrogens (primary N) is 1. The quantitative estimate of drug-likeness (QED) is 0.681. The van der Waals surface area contributed by atoms with Crippen molar-refractivity contribution in [2.24, 2.45) is 0 Å². The molecule has 1 aromatic heterocycles. The maximum atomic E-state index is 13.5. The molecule has 1 aromatic carbocycles. The van der Waals surface area contributed by atoms with Gasteiger partial charge in [0.15, 0.2) is 11.6 Å². The van der Waals surface area contributed by atoms with Gasteiger partial charge in [-0.05, 0) is 13.0 Å². The lowest BCUT2D eigenvalue weighted by molar-refractivity contribution is -0.384. The Morgan fingerprint density at radius 3 is 2.74 bits per heavy atom. The van der Waals surface area contributed by atoms with Crippen molar-refractivity contribution >= 4 is 11.5 Å². The van der Waals surface area contributed by atoms with Crippen LogP contribution in [0.1, 0.15) is 11.3 Å². The number of halogens is 2. The van der Waals surface area contributed by atoms with E-state index < -0.39 is 16.6 Å². The van der Waals surface area contributed by atoms with Crippen molar-refractivity contribution in [2.45, 2.75) is 13.5 Å². The van der Waals surface area contributed by atoms with Crippen LogP contribution in [-0.4, -0.2) is 14.7 Å². The van der Waals surface area contributed by atoms with E-state index in [0.717, 1.165) is 10.7 Å². The molecule has 0 aliphatic rings. The van der Waals surface area contributed by atoms with Crippen molar-refractivity contribution in [3.05, 3.63) is 51.2 Å². The van der Waals surface area contributed by atoms with Gasteiger partial charge in [0.25, 0.3) is 0 Å². The van der Waals surface area contributed by atoms with Gasteiger partial charge in [-0.1, -0.05) is 12.1 Å². The molecule has 0 aliphatic heterocycles. The van der Waals surface area contributed by atoms with Gasteiger partial charge >= 0.3 is 5.69 Å². The van der Waals surface area contributed by atoms with E-state index in [2.05, 4.69) is 5.10 Å². The number of nitro groups is 1. The van der Waals surface area contributed by atoms with Crippen LogP contribution >= 0.6 is 0 Å². The fourth-order valence-electron chi connectivity index (χ4n) is 1.77. The fourth-order valence-corrected chi connectivity index (χ4v) is 1.77. The van der Waals surface area contributed by atoms with Crippen LogP contribution < -0.4 is 5.73 Å². The molecule has 0 unspecified atom stereocenters. The Morgan fingerprint density at radius 1 is 1.47 bits per heavy atom. The first-order valence-corrected chi connectivity index (χ1v) is 5.32. The van der Waals surface area contributed by atoms with Crippen molar-refractivity contribution in [3.63, 3.8) is 0 Å². The maximum absolute atomic E-state index is 13.5. The third kappa shape index (κ3) is 2.24. The summed E-state index contributed by atoms with van der Waals surface area (Å²) in [5.41, 5.74) is 5.40. The molecule has 2 aromatic rings. The molecule has 19 heavy (non-hydrogen) atoms. The van der Waals surface area contributed by atoms with E-state index in [1.807, 2.05) is 0 Å². The topological polar surface area (TPSA) is 87.0 Å². The minimum atomic E-state index is -1.02. The number of rotatable bonds is 3. The van der Waals surface area contributed by atoms with Crippen molar-refractivity contribution < 1.29 is 13.7 Å². The maximum Gasteiger partial charge on any atom is 0.333 e. The summed E-state index contributed by atoms with van der Waals surface area (Å²) in [5, 5.41) is 14.6. The van der Waals surface area contributed by atoms with E-state index in [9.17, 15) is 18.9 Å². The monoisotopic (exact) mass is 268 g/mol. The van der Waals surface area contributed by atoms with E-state index >= 15 is 0 Å². The number of hydrogen-bond acceptors (Lipinski definition) is 4. The smallest absolute Gasteiger partial charge is 0.333 e. The van der Waals surface area contributed by atoms with Crippen molar-refractivity contribution in [2.75, 3.05) is 5.73 Å². The van der Waals surface area contributed by atoms with Crippen LogP contribution in [0.3, 0.4) is 0 Å². The summed E-state index contributed by atoms with van der Waals surface area (Å²) in [6.07, 6.45) is 0. The predicted octanol–water partition coefficient (Wildman–Crippen LogP) is 2.01. The number of aryl methyl sites for hydroxylation is 1. The summed E-state index contributed by atoms with van der Waals surface area (Å²) in [7, 11) is 0. The van der Waals surface area contributed by atoms with E-state index in [1.54, 1.807) is 0 Å². The molecule has 0 saturated carbocycles. The Kier molecular flexibility index (Phi) is 3.16. The molecule has 2 rings (SSSR count). The van der Waals surface area contributed by atoms with Crippen molar-refractivity contribution in [3.8, 4) is 0 Å². The second-order valence-electron chi connectivity index (χ2n) is 3.95. The average molecular weight is 268 g/mol. The highest BCUT2D eigenvalue weighted by atomic mass is 19.2. The summed E-state index contributed by atoms with van der Waals surface area (Å²) in [6.45, 7) is 1.25. The Balaban J connectivity index is 2.42. The SMILES string of the molecule is Cc1nn(Cc2cccc(F)c2F)c(N)c1[N+](=O)[O-]. The van der Waals surface area contributed by atoms with Crippen LogP contribution in [0.5, 0.6) is 0 Å². The molecule has 8 heteroatoms. The van der Waals surface area contributed by atoms with E-state index in [0.29, 0.717) is 0 Å². The average Bonchev–Trinajstić information content (AvgIpc) is 2.60. The van der Waals surface area contributed by atoms with E-state index in [1.165, 1.54) is 19.1 Å². The van der Waals surface area contributed by atoms with Gasteiger partial charge in [-0.15, -0.1) is 0 Å². The lowest BCUT2D eigenvalue weighted by Gasteiger charge is -2.05. The van der Waals surface area contributed by atoms with Gasteiger partial charge in [0.1, 0.15) is 5.69 Å². The first kappa shape index (κ1) is 12.9. The number of benzene rings is 1. The second-order valence-corrected chi connectivity index (χ2v) is 3.95. The molecule has 2 N–H and O–H groups in total. The number of aromatic nitrogens is 2. The molecule has 1 heterocycles. The van der Waals surface area contributed by atoms with Crippen molar-refractivity contribution in [1.82, 2.24) is 9.78 Å². The largest absolute Gasteiger partial charge is 0.378 e. The zero-order valence-electron chi connectivity index (χ0n) is 9.93. The van der Waals surface area contributed by atoms with E-state index in [4.69, 9.17) is 5.73 Å². The molecular weight excluding hydrogens is 258 g/mol. The summed E-state index contributed by atoms with van der Waals surface area (Å²) in [5.74, 6) is -2.20. The lowest BCUT2D eigenvalue weighted by atomic mass is 10.2. The number of nitrogens with zero attached hydrogens (tertiary/aromatic N) is 3. The van der Waals surface area contributed by atoms with Crippen LogP contribution in [-0.2, 0) is 6.54 Å². The van der Waals surface area contributed by atoms with Crippen LogP contribution in [0.15, 0.2) is 18.2 Å². The summed E-state index contributed by atoms with van der Waals surface area (Å²) in [4.78, 5) is 10.1. The highest BCUT2D eigenvalue weighted by molar-refractivity contribution is 5.56. The van der Waals surface area contributed by atoms with Gasteiger partial charge in [-0.25, -0.2) is 13.5 Å². The van der Waals surface area contributed by atoms with Crippen LogP contribution in [0.25, 0.3) is 0 Å². The Bertz CT molecular complexity index is 654. The highest BCUT2D eigenvalue weighted by Gasteiger charge is 2.23. The third-order valence-electron chi connectivity index (χ3n) is 2.67. The third-order valence-corrected chi connectivity index (χ3v) is 2.67. The number of hydrogen-bond donors (Lipinski definition) is 1. The van der Waals surface area contributed by atoms with Gasteiger partial charge in [0.2, 0.25) is 5.82 Å². The molecule has 0 saturated heterocycles. The number of anilines is 1. The van der Waals surface area contributed by atoms with Gasteiger partial charge in [0, 0.05) is 5.56 Å². The van der Waals surface area contributed by atoms with Crippen LogP contribution in [0, 0.1) is 28.7 Å². The Morgan fingerprint density at radius 2 is 2.16 bits per heavy atom. The molecule has 0 radical (unpaired) electrons. The Labute approximate surface area is 106 Å². The standard InChI is InChI=1S/C11H10F2N4O2/c1-6-10(17(18)19)11(14)16(15-6)5-7-3-2-4-8(12)9(7)13/h2-4H,5,14H2,1H3. The zero-order valence-corrected chi connectivity index (χ0v) is 9.93. The molecule has 0 fully saturated rings. The molecule has 6 nitrogen and oxygen atoms in total. The molecule has 0 amide bonds. The normalized spacial score (nSPS) is 10.7. The first-order valence-electron chi connectivity index (χ1n) is 5.32. The van der Waals surface area contributed by atoms with Crippen molar-refractivity contribution in [1.29, 1.82) is 0 Å².